The Hall–Kier alpha value is -2.34. The van der Waals surface area contributed by atoms with E-state index in [-0.39, 0.29) is 5.91 Å². The molecule has 3 N–H and O–H groups in total. The SMILES string of the molecule is COc1ccc(CNC(=O)C(N)c2cnn(C)c2)cc1. The maximum atomic E-state index is 12.0. The molecular formula is C14H18N4O2. The summed E-state index contributed by atoms with van der Waals surface area (Å²) in [5.41, 5.74) is 7.55. The molecule has 1 heterocycles. The third kappa shape index (κ3) is 3.36. The Morgan fingerprint density at radius 1 is 1.45 bits per heavy atom. The van der Waals surface area contributed by atoms with E-state index in [4.69, 9.17) is 10.5 Å². The van der Waals surface area contributed by atoms with Crippen molar-refractivity contribution in [2.45, 2.75) is 12.6 Å². The van der Waals surface area contributed by atoms with Gasteiger partial charge in [0.2, 0.25) is 5.91 Å². The number of nitrogens with zero attached hydrogens (tertiary/aromatic N) is 2. The molecule has 0 spiro atoms. The van der Waals surface area contributed by atoms with Crippen molar-refractivity contribution < 1.29 is 9.53 Å². The fourth-order valence-electron chi connectivity index (χ4n) is 1.79. The molecule has 1 atom stereocenters. The third-order valence-corrected chi connectivity index (χ3v) is 2.99. The van der Waals surface area contributed by atoms with Crippen molar-refractivity contribution in [1.29, 1.82) is 0 Å². The van der Waals surface area contributed by atoms with E-state index in [0.29, 0.717) is 12.1 Å². The van der Waals surface area contributed by atoms with Gasteiger partial charge < -0.3 is 15.8 Å². The van der Waals surface area contributed by atoms with Gasteiger partial charge in [0.15, 0.2) is 0 Å². The molecule has 106 valence electrons. The van der Waals surface area contributed by atoms with Gasteiger partial charge in [-0.15, -0.1) is 0 Å². The van der Waals surface area contributed by atoms with Crippen molar-refractivity contribution in [3.05, 3.63) is 47.8 Å². The minimum atomic E-state index is -0.707. The van der Waals surface area contributed by atoms with E-state index in [0.717, 1.165) is 11.3 Å². The summed E-state index contributed by atoms with van der Waals surface area (Å²) in [6, 6.07) is 6.79. The summed E-state index contributed by atoms with van der Waals surface area (Å²) < 4.78 is 6.69. The molecule has 1 aromatic carbocycles. The van der Waals surface area contributed by atoms with Crippen LogP contribution in [0.25, 0.3) is 0 Å². The molecule has 0 radical (unpaired) electrons. The van der Waals surface area contributed by atoms with Crippen molar-refractivity contribution in [3.63, 3.8) is 0 Å². The maximum Gasteiger partial charge on any atom is 0.241 e. The molecule has 1 aromatic heterocycles. The van der Waals surface area contributed by atoms with Crippen LogP contribution in [0.4, 0.5) is 0 Å². The van der Waals surface area contributed by atoms with Crippen LogP contribution in [0, 0.1) is 0 Å². The van der Waals surface area contributed by atoms with Crippen LogP contribution in [0.2, 0.25) is 0 Å². The van der Waals surface area contributed by atoms with E-state index in [2.05, 4.69) is 10.4 Å². The highest BCUT2D eigenvalue weighted by atomic mass is 16.5. The Morgan fingerprint density at radius 3 is 2.70 bits per heavy atom. The van der Waals surface area contributed by atoms with Gasteiger partial charge in [-0.05, 0) is 17.7 Å². The van der Waals surface area contributed by atoms with Crippen LogP contribution < -0.4 is 15.8 Å². The van der Waals surface area contributed by atoms with Crippen LogP contribution in [-0.4, -0.2) is 22.8 Å². The molecule has 0 saturated carbocycles. The lowest BCUT2D eigenvalue weighted by atomic mass is 10.1. The fraction of sp³-hybridized carbons (Fsp3) is 0.286. The minimum Gasteiger partial charge on any atom is -0.497 e. The predicted octanol–water partition coefficient (Wildman–Crippen LogP) is 0.745. The molecule has 6 nitrogen and oxygen atoms in total. The number of hydrogen-bond donors (Lipinski definition) is 2. The summed E-state index contributed by atoms with van der Waals surface area (Å²) >= 11 is 0. The van der Waals surface area contributed by atoms with E-state index in [1.54, 1.807) is 31.2 Å². The normalized spacial score (nSPS) is 11.9. The van der Waals surface area contributed by atoms with Crippen molar-refractivity contribution in [2.75, 3.05) is 7.11 Å². The highest BCUT2D eigenvalue weighted by Gasteiger charge is 2.16. The average molecular weight is 274 g/mol. The average Bonchev–Trinajstić information content (AvgIpc) is 2.91. The van der Waals surface area contributed by atoms with Crippen molar-refractivity contribution in [1.82, 2.24) is 15.1 Å². The van der Waals surface area contributed by atoms with E-state index >= 15 is 0 Å². The number of hydrogen-bond acceptors (Lipinski definition) is 4. The van der Waals surface area contributed by atoms with Gasteiger partial charge in [0.25, 0.3) is 0 Å². The van der Waals surface area contributed by atoms with Gasteiger partial charge in [-0.1, -0.05) is 12.1 Å². The molecule has 2 rings (SSSR count). The summed E-state index contributed by atoms with van der Waals surface area (Å²) in [6.45, 7) is 0.427. The summed E-state index contributed by atoms with van der Waals surface area (Å²) in [6.07, 6.45) is 3.33. The molecule has 6 heteroatoms. The number of ether oxygens (including phenoxy) is 1. The Balaban J connectivity index is 1.91. The van der Waals surface area contributed by atoms with Gasteiger partial charge in [0.1, 0.15) is 11.8 Å². The van der Waals surface area contributed by atoms with Crippen LogP contribution in [0.15, 0.2) is 36.7 Å². The lowest BCUT2D eigenvalue weighted by Gasteiger charge is -2.11. The van der Waals surface area contributed by atoms with Crippen LogP contribution >= 0.6 is 0 Å². The number of methoxy groups -OCH3 is 1. The van der Waals surface area contributed by atoms with Gasteiger partial charge in [-0.25, -0.2) is 0 Å². The number of aryl methyl sites for hydroxylation is 1. The number of rotatable bonds is 5. The number of aromatic nitrogens is 2. The summed E-state index contributed by atoms with van der Waals surface area (Å²) in [4.78, 5) is 12.0. The molecule has 0 bridgehead atoms. The maximum absolute atomic E-state index is 12.0. The van der Waals surface area contributed by atoms with E-state index in [9.17, 15) is 4.79 Å². The molecule has 1 unspecified atom stereocenters. The zero-order valence-electron chi connectivity index (χ0n) is 11.5. The largest absolute Gasteiger partial charge is 0.497 e. The highest BCUT2D eigenvalue weighted by molar-refractivity contribution is 5.82. The molecule has 0 aliphatic heterocycles. The van der Waals surface area contributed by atoms with Gasteiger partial charge in [-0.2, -0.15) is 5.10 Å². The Labute approximate surface area is 117 Å². The topological polar surface area (TPSA) is 82.2 Å². The quantitative estimate of drug-likeness (QED) is 0.842. The molecular weight excluding hydrogens is 256 g/mol. The number of benzene rings is 1. The number of carbonyl (C=O) groups is 1. The van der Waals surface area contributed by atoms with Gasteiger partial charge in [-0.3, -0.25) is 9.48 Å². The van der Waals surface area contributed by atoms with E-state index < -0.39 is 6.04 Å². The first kappa shape index (κ1) is 14.1. The van der Waals surface area contributed by atoms with Crippen molar-refractivity contribution in [2.24, 2.45) is 12.8 Å². The molecule has 0 aliphatic rings. The second-order valence-electron chi connectivity index (χ2n) is 4.49. The van der Waals surface area contributed by atoms with Gasteiger partial charge in [0.05, 0.1) is 13.3 Å². The first-order valence-corrected chi connectivity index (χ1v) is 6.25. The second-order valence-corrected chi connectivity index (χ2v) is 4.49. The lowest BCUT2D eigenvalue weighted by molar-refractivity contribution is -0.122. The van der Waals surface area contributed by atoms with E-state index in [1.807, 2.05) is 24.3 Å². The number of nitrogens with one attached hydrogen (secondary N) is 1. The molecule has 1 amide bonds. The molecule has 0 fully saturated rings. The number of carbonyl (C=O) groups excluding carboxylic acids is 1. The minimum absolute atomic E-state index is 0.228. The zero-order valence-corrected chi connectivity index (χ0v) is 11.5. The number of nitrogens with two attached hydrogens (primary N) is 1. The van der Waals surface area contributed by atoms with Crippen molar-refractivity contribution in [3.8, 4) is 5.75 Å². The first-order valence-electron chi connectivity index (χ1n) is 6.25. The molecule has 20 heavy (non-hydrogen) atoms. The summed E-state index contributed by atoms with van der Waals surface area (Å²) in [5.74, 6) is 0.556. The standard InChI is InChI=1S/C14H18N4O2/c1-18-9-11(8-17-18)13(15)14(19)16-7-10-3-5-12(20-2)6-4-10/h3-6,8-9,13H,7,15H2,1-2H3,(H,16,19). The van der Waals surface area contributed by atoms with Crippen LogP contribution in [0.3, 0.4) is 0 Å². The highest BCUT2D eigenvalue weighted by Crippen LogP contribution is 2.12. The first-order chi connectivity index (χ1) is 9.60. The number of amides is 1. The molecule has 0 aliphatic carbocycles. The van der Waals surface area contributed by atoms with Crippen LogP contribution in [0.1, 0.15) is 17.2 Å². The predicted molar refractivity (Wildman–Crippen MR) is 75.0 cm³/mol. The molecule has 0 saturated heterocycles. The molecule has 2 aromatic rings. The van der Waals surface area contributed by atoms with E-state index in [1.165, 1.54) is 0 Å². The Kier molecular flexibility index (Phi) is 4.37. The fourth-order valence-corrected chi connectivity index (χ4v) is 1.79. The lowest BCUT2D eigenvalue weighted by Crippen LogP contribution is -2.33. The van der Waals surface area contributed by atoms with Crippen molar-refractivity contribution >= 4 is 5.91 Å². The Morgan fingerprint density at radius 2 is 2.15 bits per heavy atom. The monoisotopic (exact) mass is 274 g/mol. The Bertz CT molecular complexity index is 577. The zero-order chi connectivity index (χ0) is 14.5. The van der Waals surface area contributed by atoms with Crippen LogP contribution in [-0.2, 0) is 18.4 Å². The smallest absolute Gasteiger partial charge is 0.241 e. The van der Waals surface area contributed by atoms with Crippen LogP contribution in [0.5, 0.6) is 5.75 Å². The van der Waals surface area contributed by atoms with Gasteiger partial charge >= 0.3 is 0 Å². The second kappa shape index (κ2) is 6.21. The third-order valence-electron chi connectivity index (χ3n) is 2.99. The van der Waals surface area contributed by atoms with Gasteiger partial charge in [0, 0.05) is 25.4 Å². The summed E-state index contributed by atoms with van der Waals surface area (Å²) in [7, 11) is 3.40. The summed E-state index contributed by atoms with van der Waals surface area (Å²) in [5, 5.41) is 6.80.